The Bertz CT molecular complexity index is 893. The van der Waals surface area contributed by atoms with Crippen molar-refractivity contribution in [3.8, 4) is 5.75 Å². The number of piperidine rings is 1. The second-order valence-electron chi connectivity index (χ2n) is 9.10. The van der Waals surface area contributed by atoms with Gasteiger partial charge in [0.25, 0.3) is 11.8 Å². The number of benzene rings is 2. The summed E-state index contributed by atoms with van der Waals surface area (Å²) < 4.78 is 5.95. The van der Waals surface area contributed by atoms with Crippen LogP contribution in [0.5, 0.6) is 5.75 Å². The van der Waals surface area contributed by atoms with Crippen molar-refractivity contribution in [3.05, 3.63) is 65.2 Å². The Labute approximate surface area is 184 Å². The third-order valence-corrected chi connectivity index (χ3v) is 6.24. The monoisotopic (exact) mass is 420 g/mol. The number of carbonyl (C=O) groups is 2. The highest BCUT2D eigenvalue weighted by Gasteiger charge is 2.25. The SMILES string of the molecule is CC(C)c1ccc(C(=O)N2CCC(COc3ccc(C(=O)NC4CC4)cc3)CC2)cc1. The van der Waals surface area contributed by atoms with Gasteiger partial charge in [0, 0.05) is 30.3 Å². The van der Waals surface area contributed by atoms with Crippen LogP contribution in [-0.4, -0.2) is 42.5 Å². The summed E-state index contributed by atoms with van der Waals surface area (Å²) >= 11 is 0. The second-order valence-corrected chi connectivity index (χ2v) is 9.10. The van der Waals surface area contributed by atoms with Gasteiger partial charge in [-0.1, -0.05) is 26.0 Å². The van der Waals surface area contributed by atoms with Gasteiger partial charge in [0.05, 0.1) is 6.61 Å². The molecule has 0 radical (unpaired) electrons. The second kappa shape index (κ2) is 9.54. The minimum absolute atomic E-state index is 0.00932. The van der Waals surface area contributed by atoms with Gasteiger partial charge in [0.1, 0.15) is 5.75 Å². The minimum Gasteiger partial charge on any atom is -0.493 e. The Morgan fingerprint density at radius 1 is 0.935 bits per heavy atom. The first-order chi connectivity index (χ1) is 15.0. The molecule has 0 aromatic heterocycles. The number of hydrogen-bond acceptors (Lipinski definition) is 3. The van der Waals surface area contributed by atoms with Gasteiger partial charge in [-0.2, -0.15) is 0 Å². The number of nitrogens with zero attached hydrogens (tertiary/aromatic N) is 1. The van der Waals surface area contributed by atoms with Crippen LogP contribution in [0, 0.1) is 5.92 Å². The molecule has 0 unspecified atom stereocenters. The Morgan fingerprint density at radius 3 is 2.13 bits per heavy atom. The molecule has 5 heteroatoms. The molecular weight excluding hydrogens is 388 g/mol. The van der Waals surface area contributed by atoms with Gasteiger partial charge < -0.3 is 15.0 Å². The highest BCUT2D eigenvalue weighted by atomic mass is 16.5. The summed E-state index contributed by atoms with van der Waals surface area (Å²) in [6, 6.07) is 15.7. The number of ether oxygens (including phenoxy) is 1. The molecule has 1 N–H and O–H groups in total. The first-order valence-electron chi connectivity index (χ1n) is 11.4. The number of likely N-dealkylation sites (tertiary alicyclic amines) is 1. The maximum atomic E-state index is 12.8. The van der Waals surface area contributed by atoms with Crippen molar-refractivity contribution in [2.75, 3.05) is 19.7 Å². The molecule has 2 aromatic carbocycles. The zero-order chi connectivity index (χ0) is 21.8. The lowest BCUT2D eigenvalue weighted by Crippen LogP contribution is -2.39. The lowest BCUT2D eigenvalue weighted by Gasteiger charge is -2.32. The topological polar surface area (TPSA) is 58.6 Å². The fraction of sp³-hybridized carbons (Fsp3) is 0.462. The molecule has 1 aliphatic carbocycles. The number of amides is 2. The minimum atomic E-state index is -0.00932. The van der Waals surface area contributed by atoms with E-state index in [1.165, 1.54) is 5.56 Å². The largest absolute Gasteiger partial charge is 0.493 e. The van der Waals surface area contributed by atoms with Gasteiger partial charge in [-0.3, -0.25) is 9.59 Å². The zero-order valence-electron chi connectivity index (χ0n) is 18.5. The van der Waals surface area contributed by atoms with Crippen LogP contribution in [0.1, 0.15) is 71.7 Å². The summed E-state index contributed by atoms with van der Waals surface area (Å²) in [4.78, 5) is 26.8. The van der Waals surface area contributed by atoms with Crippen LogP contribution in [0.2, 0.25) is 0 Å². The number of carbonyl (C=O) groups excluding carboxylic acids is 2. The third kappa shape index (κ3) is 5.66. The summed E-state index contributed by atoms with van der Waals surface area (Å²) in [5, 5.41) is 2.99. The molecule has 2 aliphatic rings. The van der Waals surface area contributed by atoms with Crippen LogP contribution < -0.4 is 10.1 Å². The van der Waals surface area contributed by atoms with Crippen molar-refractivity contribution in [3.63, 3.8) is 0 Å². The van der Waals surface area contributed by atoms with Crippen molar-refractivity contribution in [1.82, 2.24) is 10.2 Å². The maximum absolute atomic E-state index is 12.8. The Hall–Kier alpha value is -2.82. The molecule has 1 saturated heterocycles. The van der Waals surface area contributed by atoms with Gasteiger partial charge in [0.15, 0.2) is 0 Å². The summed E-state index contributed by atoms with van der Waals surface area (Å²) in [5.41, 5.74) is 2.70. The van der Waals surface area contributed by atoms with Crippen LogP contribution in [0.3, 0.4) is 0 Å². The fourth-order valence-electron chi connectivity index (χ4n) is 3.91. The summed E-state index contributed by atoms with van der Waals surface area (Å²) in [5.74, 6) is 1.80. The normalized spacial score (nSPS) is 16.9. The zero-order valence-corrected chi connectivity index (χ0v) is 18.5. The predicted octanol–water partition coefficient (Wildman–Crippen LogP) is 4.63. The fourth-order valence-corrected chi connectivity index (χ4v) is 3.91. The van der Waals surface area contributed by atoms with Crippen molar-refractivity contribution >= 4 is 11.8 Å². The van der Waals surface area contributed by atoms with Gasteiger partial charge in [-0.05, 0) is 79.5 Å². The van der Waals surface area contributed by atoms with E-state index in [4.69, 9.17) is 4.74 Å². The van der Waals surface area contributed by atoms with Crippen LogP contribution in [0.15, 0.2) is 48.5 Å². The molecule has 0 spiro atoms. The molecule has 2 aromatic rings. The Kier molecular flexibility index (Phi) is 6.59. The molecule has 1 heterocycles. The van der Waals surface area contributed by atoms with E-state index < -0.39 is 0 Å². The summed E-state index contributed by atoms with van der Waals surface area (Å²) in [6.07, 6.45) is 4.05. The van der Waals surface area contributed by atoms with E-state index in [0.717, 1.165) is 50.1 Å². The van der Waals surface area contributed by atoms with E-state index in [-0.39, 0.29) is 11.8 Å². The van der Waals surface area contributed by atoms with E-state index in [0.29, 0.717) is 30.0 Å². The van der Waals surface area contributed by atoms with Crippen molar-refractivity contribution in [1.29, 1.82) is 0 Å². The van der Waals surface area contributed by atoms with Gasteiger partial charge >= 0.3 is 0 Å². The first kappa shape index (κ1) is 21.4. The molecule has 164 valence electrons. The average molecular weight is 421 g/mol. The number of nitrogens with one attached hydrogen (secondary N) is 1. The predicted molar refractivity (Wildman–Crippen MR) is 122 cm³/mol. The molecule has 0 bridgehead atoms. The highest BCUT2D eigenvalue weighted by Crippen LogP contribution is 2.23. The molecule has 2 fully saturated rings. The van der Waals surface area contributed by atoms with E-state index >= 15 is 0 Å². The smallest absolute Gasteiger partial charge is 0.253 e. The molecule has 2 amide bonds. The molecular formula is C26H32N2O3. The molecule has 1 saturated carbocycles. The quantitative estimate of drug-likeness (QED) is 0.710. The molecule has 0 atom stereocenters. The van der Waals surface area contributed by atoms with E-state index in [9.17, 15) is 9.59 Å². The third-order valence-electron chi connectivity index (χ3n) is 6.24. The maximum Gasteiger partial charge on any atom is 0.253 e. The first-order valence-corrected chi connectivity index (χ1v) is 11.4. The van der Waals surface area contributed by atoms with Crippen LogP contribution in [0.4, 0.5) is 0 Å². The molecule has 5 nitrogen and oxygen atoms in total. The summed E-state index contributed by atoms with van der Waals surface area (Å²) in [7, 11) is 0. The number of hydrogen-bond donors (Lipinski definition) is 1. The Balaban J connectivity index is 1.21. The van der Waals surface area contributed by atoms with Crippen molar-refractivity contribution in [2.24, 2.45) is 5.92 Å². The van der Waals surface area contributed by atoms with Gasteiger partial charge in [-0.15, -0.1) is 0 Å². The average Bonchev–Trinajstić information content (AvgIpc) is 3.62. The van der Waals surface area contributed by atoms with Crippen LogP contribution in [-0.2, 0) is 0 Å². The highest BCUT2D eigenvalue weighted by molar-refractivity contribution is 5.95. The lowest BCUT2D eigenvalue weighted by atomic mass is 9.96. The molecule has 4 rings (SSSR count). The van der Waals surface area contributed by atoms with Gasteiger partial charge in [0.2, 0.25) is 0 Å². The molecule has 31 heavy (non-hydrogen) atoms. The lowest BCUT2D eigenvalue weighted by molar-refractivity contribution is 0.0660. The standard InChI is InChI=1S/C26H32N2O3/c1-18(2)20-3-5-22(6-4-20)26(30)28-15-13-19(14-16-28)17-31-24-11-7-21(8-12-24)25(29)27-23-9-10-23/h3-8,11-12,18-19,23H,9-10,13-17H2,1-2H3,(H,27,29). The Morgan fingerprint density at radius 2 is 1.55 bits per heavy atom. The van der Waals surface area contributed by atoms with Crippen molar-refractivity contribution in [2.45, 2.75) is 51.5 Å². The van der Waals surface area contributed by atoms with E-state index in [2.05, 4.69) is 31.3 Å². The van der Waals surface area contributed by atoms with Crippen LogP contribution >= 0.6 is 0 Å². The van der Waals surface area contributed by atoms with Gasteiger partial charge in [-0.25, -0.2) is 0 Å². The molecule has 1 aliphatic heterocycles. The van der Waals surface area contributed by atoms with Crippen LogP contribution in [0.25, 0.3) is 0 Å². The van der Waals surface area contributed by atoms with Crippen molar-refractivity contribution < 1.29 is 14.3 Å². The van der Waals surface area contributed by atoms with E-state index in [1.807, 2.05) is 41.3 Å². The van der Waals surface area contributed by atoms with E-state index in [1.54, 1.807) is 0 Å². The number of rotatable bonds is 7. The summed E-state index contributed by atoms with van der Waals surface area (Å²) in [6.45, 7) is 6.48.